The van der Waals surface area contributed by atoms with E-state index in [-0.39, 0.29) is 0 Å². The second-order valence-corrected chi connectivity index (χ2v) is 4.54. The summed E-state index contributed by atoms with van der Waals surface area (Å²) in [6, 6.07) is 0.445. The maximum atomic E-state index is 8.60. The van der Waals surface area contributed by atoms with Crippen LogP contribution in [-0.4, -0.2) is 28.8 Å². The van der Waals surface area contributed by atoms with Crippen LogP contribution in [0, 0.1) is 0 Å². The van der Waals surface area contributed by atoms with Crippen molar-refractivity contribution >= 4 is 11.8 Å². The van der Waals surface area contributed by atoms with Gasteiger partial charge in [-0.05, 0) is 25.7 Å². The van der Waals surface area contributed by atoms with E-state index in [2.05, 4.69) is 0 Å². The summed E-state index contributed by atoms with van der Waals surface area (Å²) >= 11 is 1.89. The zero-order valence-electron chi connectivity index (χ0n) is 6.83. The summed E-state index contributed by atoms with van der Waals surface area (Å²) < 4.78 is 0. The Hall–Kier alpha value is 0.270. The first-order valence-corrected chi connectivity index (χ1v) is 5.36. The van der Waals surface area contributed by atoms with Crippen molar-refractivity contribution in [3.8, 4) is 0 Å². The Bertz CT molecular complexity index is 99.5. The van der Waals surface area contributed by atoms with E-state index in [0.717, 1.165) is 11.0 Å². The molecular formula is C8H17NOS. The first-order chi connectivity index (χ1) is 5.33. The normalized spacial score (nSPS) is 32.2. The smallest absolute Gasteiger partial charge is 0.0521 e. The minimum atomic E-state index is 0.313. The topological polar surface area (TPSA) is 46.2 Å². The van der Waals surface area contributed by atoms with Crippen LogP contribution in [0.5, 0.6) is 0 Å². The molecule has 1 saturated carbocycles. The first-order valence-electron chi connectivity index (χ1n) is 4.31. The molecular weight excluding hydrogens is 158 g/mol. The quantitative estimate of drug-likeness (QED) is 0.672. The van der Waals surface area contributed by atoms with Crippen molar-refractivity contribution < 1.29 is 5.11 Å². The highest BCUT2D eigenvalue weighted by Crippen LogP contribution is 2.27. The lowest BCUT2D eigenvalue weighted by Gasteiger charge is -2.25. The lowest BCUT2D eigenvalue weighted by Crippen LogP contribution is -2.27. The number of nitrogens with two attached hydrogens (primary N) is 1. The molecule has 1 rings (SSSR count). The first kappa shape index (κ1) is 9.36. The number of hydrogen-bond donors (Lipinski definition) is 2. The van der Waals surface area contributed by atoms with Gasteiger partial charge in [0.1, 0.15) is 0 Å². The molecule has 0 unspecified atom stereocenters. The molecule has 0 spiro atoms. The van der Waals surface area contributed by atoms with Gasteiger partial charge < -0.3 is 10.8 Å². The molecule has 0 aromatic heterocycles. The molecule has 1 aliphatic carbocycles. The molecule has 0 heterocycles. The molecule has 0 saturated heterocycles. The number of thioether (sulfide) groups is 1. The Labute approximate surface area is 72.5 Å². The van der Waals surface area contributed by atoms with Crippen LogP contribution in [0.1, 0.15) is 25.7 Å². The van der Waals surface area contributed by atoms with Crippen molar-refractivity contribution in [3.05, 3.63) is 0 Å². The Morgan fingerprint density at radius 1 is 1.27 bits per heavy atom. The highest BCUT2D eigenvalue weighted by atomic mass is 32.2. The molecule has 0 radical (unpaired) electrons. The SMILES string of the molecule is NC1CCC(SCCO)CC1. The van der Waals surface area contributed by atoms with E-state index >= 15 is 0 Å². The number of aliphatic hydroxyl groups excluding tert-OH is 1. The Morgan fingerprint density at radius 2 is 1.91 bits per heavy atom. The predicted octanol–water partition coefficient (Wildman–Crippen LogP) is 0.982. The maximum absolute atomic E-state index is 8.60. The highest BCUT2D eigenvalue weighted by molar-refractivity contribution is 7.99. The van der Waals surface area contributed by atoms with Gasteiger partial charge in [0.25, 0.3) is 0 Å². The summed E-state index contributed by atoms with van der Waals surface area (Å²) in [5.74, 6) is 0.889. The van der Waals surface area contributed by atoms with Crippen molar-refractivity contribution in [2.24, 2.45) is 5.73 Å². The molecule has 0 aliphatic heterocycles. The standard InChI is InChI=1S/C8H17NOS/c9-7-1-3-8(4-2-7)11-6-5-10/h7-8,10H,1-6,9H2. The monoisotopic (exact) mass is 175 g/mol. The molecule has 11 heavy (non-hydrogen) atoms. The fraction of sp³-hybridized carbons (Fsp3) is 1.00. The molecule has 1 fully saturated rings. The van der Waals surface area contributed by atoms with Gasteiger partial charge in [0.15, 0.2) is 0 Å². The van der Waals surface area contributed by atoms with Crippen LogP contribution in [0.25, 0.3) is 0 Å². The Morgan fingerprint density at radius 3 is 2.45 bits per heavy atom. The highest BCUT2D eigenvalue weighted by Gasteiger charge is 2.17. The summed E-state index contributed by atoms with van der Waals surface area (Å²) in [6.45, 7) is 0.313. The third-order valence-electron chi connectivity index (χ3n) is 2.16. The van der Waals surface area contributed by atoms with Gasteiger partial charge in [0.2, 0.25) is 0 Å². The largest absolute Gasteiger partial charge is 0.396 e. The molecule has 66 valence electrons. The van der Waals surface area contributed by atoms with Crippen molar-refractivity contribution in [3.63, 3.8) is 0 Å². The maximum Gasteiger partial charge on any atom is 0.0521 e. The molecule has 3 heteroatoms. The summed E-state index contributed by atoms with van der Waals surface area (Å²) in [6.07, 6.45) is 4.82. The molecule has 2 nitrogen and oxygen atoms in total. The Kier molecular flexibility index (Phi) is 4.26. The van der Waals surface area contributed by atoms with E-state index < -0.39 is 0 Å². The number of aliphatic hydroxyl groups is 1. The number of rotatable bonds is 3. The zero-order valence-corrected chi connectivity index (χ0v) is 7.65. The molecule has 0 aromatic rings. The van der Waals surface area contributed by atoms with E-state index in [1.54, 1.807) is 0 Å². The van der Waals surface area contributed by atoms with E-state index in [4.69, 9.17) is 10.8 Å². The Balaban J connectivity index is 2.07. The van der Waals surface area contributed by atoms with Crippen LogP contribution in [-0.2, 0) is 0 Å². The fourth-order valence-electron chi connectivity index (χ4n) is 1.47. The van der Waals surface area contributed by atoms with Gasteiger partial charge in [-0.25, -0.2) is 0 Å². The van der Waals surface area contributed by atoms with Gasteiger partial charge in [0.05, 0.1) is 6.61 Å². The predicted molar refractivity (Wildman–Crippen MR) is 49.8 cm³/mol. The summed E-state index contributed by atoms with van der Waals surface area (Å²) in [5, 5.41) is 9.37. The fourth-order valence-corrected chi connectivity index (χ4v) is 2.52. The summed E-state index contributed by atoms with van der Waals surface area (Å²) in [7, 11) is 0. The second kappa shape index (κ2) is 5.01. The minimum Gasteiger partial charge on any atom is -0.396 e. The molecule has 0 atom stereocenters. The molecule has 0 amide bonds. The van der Waals surface area contributed by atoms with Crippen LogP contribution in [0.15, 0.2) is 0 Å². The molecule has 3 N–H and O–H groups in total. The van der Waals surface area contributed by atoms with Crippen molar-refractivity contribution in [1.82, 2.24) is 0 Å². The van der Waals surface area contributed by atoms with E-state index in [1.165, 1.54) is 25.7 Å². The van der Waals surface area contributed by atoms with Gasteiger partial charge in [-0.15, -0.1) is 0 Å². The second-order valence-electron chi connectivity index (χ2n) is 3.13. The van der Waals surface area contributed by atoms with E-state index in [9.17, 15) is 0 Å². The summed E-state index contributed by atoms with van der Waals surface area (Å²) in [4.78, 5) is 0. The third kappa shape index (κ3) is 3.45. The van der Waals surface area contributed by atoms with Crippen LogP contribution in [0.4, 0.5) is 0 Å². The van der Waals surface area contributed by atoms with Crippen molar-refractivity contribution in [2.75, 3.05) is 12.4 Å². The van der Waals surface area contributed by atoms with Gasteiger partial charge in [-0.1, -0.05) is 0 Å². The third-order valence-corrected chi connectivity index (χ3v) is 3.52. The number of hydrogen-bond acceptors (Lipinski definition) is 3. The van der Waals surface area contributed by atoms with Crippen LogP contribution < -0.4 is 5.73 Å². The van der Waals surface area contributed by atoms with Gasteiger partial charge in [-0.2, -0.15) is 11.8 Å². The average molecular weight is 175 g/mol. The van der Waals surface area contributed by atoms with Gasteiger partial charge in [-0.3, -0.25) is 0 Å². The zero-order chi connectivity index (χ0) is 8.10. The van der Waals surface area contributed by atoms with E-state index in [1.807, 2.05) is 11.8 Å². The van der Waals surface area contributed by atoms with Crippen LogP contribution in [0.3, 0.4) is 0 Å². The van der Waals surface area contributed by atoms with Gasteiger partial charge in [0, 0.05) is 17.0 Å². The molecule has 0 aromatic carbocycles. The lowest BCUT2D eigenvalue weighted by atomic mass is 9.96. The van der Waals surface area contributed by atoms with E-state index in [0.29, 0.717) is 12.6 Å². The van der Waals surface area contributed by atoms with Crippen molar-refractivity contribution in [1.29, 1.82) is 0 Å². The van der Waals surface area contributed by atoms with Gasteiger partial charge >= 0.3 is 0 Å². The van der Waals surface area contributed by atoms with Crippen molar-refractivity contribution in [2.45, 2.75) is 37.0 Å². The lowest BCUT2D eigenvalue weighted by molar-refractivity contribution is 0.322. The molecule has 0 bridgehead atoms. The minimum absolute atomic E-state index is 0.313. The van der Waals surface area contributed by atoms with Crippen LogP contribution in [0.2, 0.25) is 0 Å². The average Bonchev–Trinajstić information content (AvgIpc) is 2.04. The van der Waals surface area contributed by atoms with Crippen LogP contribution >= 0.6 is 11.8 Å². The summed E-state index contributed by atoms with van der Waals surface area (Å²) in [5.41, 5.74) is 5.77. The molecule has 1 aliphatic rings.